The van der Waals surface area contributed by atoms with Crippen LogP contribution < -0.4 is 5.32 Å². The lowest BCUT2D eigenvalue weighted by molar-refractivity contribution is -0.121. The molecule has 1 amide bonds. The van der Waals surface area contributed by atoms with Gasteiger partial charge in [0.2, 0.25) is 11.8 Å². The topological polar surface area (TPSA) is 71.3 Å². The molecule has 0 radical (unpaired) electrons. The Morgan fingerprint density at radius 3 is 2.43 bits per heavy atom. The van der Waals surface area contributed by atoms with Gasteiger partial charge in [0.05, 0.1) is 6.04 Å². The molecule has 28 heavy (non-hydrogen) atoms. The Kier molecular flexibility index (Phi) is 8.18. The van der Waals surface area contributed by atoms with Gasteiger partial charge in [0, 0.05) is 24.8 Å². The Labute approximate surface area is 168 Å². The molecule has 6 nitrogen and oxygen atoms in total. The highest BCUT2D eigenvalue weighted by atomic mass is 16.5. The molecule has 0 saturated carbocycles. The maximum absolute atomic E-state index is 12.3. The molecule has 0 aliphatic carbocycles. The molecule has 154 valence electrons. The number of hydrogen-bond acceptors (Lipinski definition) is 5. The summed E-state index contributed by atoms with van der Waals surface area (Å²) in [4.78, 5) is 19.1. The van der Waals surface area contributed by atoms with E-state index in [4.69, 9.17) is 4.52 Å². The highest BCUT2D eigenvalue weighted by molar-refractivity contribution is 5.75. The summed E-state index contributed by atoms with van der Waals surface area (Å²) in [5, 5.41) is 7.12. The minimum Gasteiger partial charge on any atom is -0.354 e. The number of carbonyl (C=O) groups is 1. The van der Waals surface area contributed by atoms with E-state index in [1.165, 1.54) is 5.56 Å². The van der Waals surface area contributed by atoms with Crippen molar-refractivity contribution in [2.75, 3.05) is 19.6 Å². The zero-order valence-corrected chi connectivity index (χ0v) is 17.9. The fourth-order valence-electron chi connectivity index (χ4n) is 3.16. The van der Waals surface area contributed by atoms with Gasteiger partial charge in [0.1, 0.15) is 0 Å². The van der Waals surface area contributed by atoms with E-state index in [-0.39, 0.29) is 17.4 Å². The first kappa shape index (κ1) is 22.1. The van der Waals surface area contributed by atoms with Crippen molar-refractivity contribution in [3.63, 3.8) is 0 Å². The van der Waals surface area contributed by atoms with Gasteiger partial charge in [-0.25, -0.2) is 0 Å². The van der Waals surface area contributed by atoms with Gasteiger partial charge in [-0.05, 0) is 25.1 Å². The second kappa shape index (κ2) is 10.4. The van der Waals surface area contributed by atoms with E-state index in [0.717, 1.165) is 13.1 Å². The smallest absolute Gasteiger partial charge is 0.226 e. The molecule has 1 aromatic carbocycles. The van der Waals surface area contributed by atoms with Gasteiger partial charge in [-0.3, -0.25) is 9.69 Å². The lowest BCUT2D eigenvalue weighted by Crippen LogP contribution is -2.38. The Morgan fingerprint density at radius 1 is 1.18 bits per heavy atom. The first-order valence-electron chi connectivity index (χ1n) is 10.2. The molecule has 1 N–H and O–H groups in total. The van der Waals surface area contributed by atoms with Crippen molar-refractivity contribution in [1.29, 1.82) is 0 Å². The molecule has 0 spiro atoms. The average Bonchev–Trinajstić information content (AvgIpc) is 3.15. The van der Waals surface area contributed by atoms with Crippen LogP contribution >= 0.6 is 0 Å². The molecule has 1 heterocycles. The Bertz CT molecular complexity index is 718. The predicted octanol–water partition coefficient (Wildman–Crippen LogP) is 3.89. The summed E-state index contributed by atoms with van der Waals surface area (Å²) >= 11 is 0. The maximum Gasteiger partial charge on any atom is 0.226 e. The number of carbonyl (C=O) groups excluding carboxylic acids is 1. The molecular weight excluding hydrogens is 352 g/mol. The summed E-state index contributed by atoms with van der Waals surface area (Å²) in [5.41, 5.74) is 1.10. The molecule has 6 heteroatoms. The molecule has 1 atom stereocenters. The predicted molar refractivity (Wildman–Crippen MR) is 111 cm³/mol. The number of nitrogens with zero attached hydrogens (tertiary/aromatic N) is 3. The number of nitrogens with one attached hydrogen (secondary N) is 1. The van der Waals surface area contributed by atoms with Crippen LogP contribution in [0.4, 0.5) is 0 Å². The highest BCUT2D eigenvalue weighted by Crippen LogP contribution is 2.20. The van der Waals surface area contributed by atoms with Gasteiger partial charge in [-0.2, -0.15) is 4.98 Å². The molecular formula is C22H34N4O2. The highest BCUT2D eigenvalue weighted by Gasteiger charge is 2.21. The van der Waals surface area contributed by atoms with E-state index in [9.17, 15) is 4.79 Å². The van der Waals surface area contributed by atoms with Gasteiger partial charge in [0.15, 0.2) is 5.82 Å². The number of hydrogen-bond donors (Lipinski definition) is 1. The van der Waals surface area contributed by atoms with Gasteiger partial charge in [0.25, 0.3) is 0 Å². The summed E-state index contributed by atoms with van der Waals surface area (Å²) in [5.74, 6) is 1.36. The van der Waals surface area contributed by atoms with E-state index in [1.807, 2.05) is 39.0 Å². The summed E-state index contributed by atoms with van der Waals surface area (Å²) in [6.07, 6.45) is 1.76. The normalized spacial score (nSPS) is 12.9. The van der Waals surface area contributed by atoms with Crippen LogP contribution in [0, 0.1) is 0 Å². The van der Waals surface area contributed by atoms with E-state index in [0.29, 0.717) is 37.5 Å². The third-order valence-electron chi connectivity index (χ3n) is 4.86. The third-order valence-corrected chi connectivity index (χ3v) is 4.86. The van der Waals surface area contributed by atoms with Crippen molar-refractivity contribution >= 4 is 5.91 Å². The third kappa shape index (κ3) is 6.44. The number of amides is 1. The first-order valence-corrected chi connectivity index (χ1v) is 10.2. The number of aryl methyl sites for hydroxylation is 1. The van der Waals surface area contributed by atoms with Crippen LogP contribution in [0.25, 0.3) is 0 Å². The zero-order chi connectivity index (χ0) is 20.6. The van der Waals surface area contributed by atoms with Crippen molar-refractivity contribution in [3.05, 3.63) is 47.6 Å². The van der Waals surface area contributed by atoms with Crippen LogP contribution in [0.15, 0.2) is 34.9 Å². The Hall–Kier alpha value is -2.21. The molecule has 1 aromatic heterocycles. The van der Waals surface area contributed by atoms with Crippen LogP contribution in [0.1, 0.15) is 70.8 Å². The molecule has 2 aromatic rings. The van der Waals surface area contributed by atoms with E-state index >= 15 is 0 Å². The van der Waals surface area contributed by atoms with Crippen LogP contribution in [0.2, 0.25) is 0 Å². The van der Waals surface area contributed by atoms with Crippen molar-refractivity contribution in [1.82, 2.24) is 20.4 Å². The van der Waals surface area contributed by atoms with Gasteiger partial charge in [-0.15, -0.1) is 0 Å². The summed E-state index contributed by atoms with van der Waals surface area (Å²) in [6, 6.07) is 10.5. The van der Waals surface area contributed by atoms with Crippen molar-refractivity contribution in [2.24, 2.45) is 0 Å². The number of likely N-dealkylation sites (N-methyl/N-ethyl adjacent to an activating group) is 1. The van der Waals surface area contributed by atoms with Crippen molar-refractivity contribution < 1.29 is 9.32 Å². The maximum atomic E-state index is 12.3. The molecule has 0 fully saturated rings. The first-order chi connectivity index (χ1) is 13.3. The standard InChI is InChI=1S/C22H34N4O2/c1-6-26(7-2)18(17-12-9-8-10-13-17)16-23-19(27)14-11-15-20-24-21(25-28-20)22(3,4)5/h8-10,12-13,18H,6-7,11,14-16H2,1-5H3,(H,23,27). The zero-order valence-electron chi connectivity index (χ0n) is 17.9. The molecule has 0 aliphatic heterocycles. The lowest BCUT2D eigenvalue weighted by atomic mass is 9.96. The summed E-state index contributed by atoms with van der Waals surface area (Å²) in [6.45, 7) is 12.9. The summed E-state index contributed by atoms with van der Waals surface area (Å²) < 4.78 is 5.29. The van der Waals surface area contributed by atoms with E-state index < -0.39 is 0 Å². The lowest BCUT2D eigenvalue weighted by Gasteiger charge is -2.30. The minimum atomic E-state index is -0.129. The van der Waals surface area contributed by atoms with Crippen LogP contribution in [0.5, 0.6) is 0 Å². The number of aromatic nitrogens is 2. The molecule has 0 bridgehead atoms. The quantitative estimate of drug-likeness (QED) is 0.671. The van der Waals surface area contributed by atoms with Gasteiger partial charge < -0.3 is 9.84 Å². The van der Waals surface area contributed by atoms with Crippen molar-refractivity contribution in [3.8, 4) is 0 Å². The average molecular weight is 387 g/mol. The molecule has 1 unspecified atom stereocenters. The van der Waals surface area contributed by atoms with E-state index in [1.54, 1.807) is 0 Å². The van der Waals surface area contributed by atoms with Crippen LogP contribution in [-0.2, 0) is 16.6 Å². The number of benzene rings is 1. The molecule has 2 rings (SSSR count). The number of rotatable bonds is 10. The van der Waals surface area contributed by atoms with E-state index in [2.05, 4.69) is 46.3 Å². The van der Waals surface area contributed by atoms with Crippen LogP contribution in [-0.4, -0.2) is 40.6 Å². The second-order valence-corrected chi connectivity index (χ2v) is 8.07. The monoisotopic (exact) mass is 386 g/mol. The van der Waals surface area contributed by atoms with Gasteiger partial charge in [-0.1, -0.05) is 70.1 Å². The Balaban J connectivity index is 1.83. The Morgan fingerprint density at radius 2 is 1.86 bits per heavy atom. The molecule has 0 saturated heterocycles. The summed E-state index contributed by atoms with van der Waals surface area (Å²) in [7, 11) is 0. The fraction of sp³-hybridized carbons (Fsp3) is 0.591. The second-order valence-electron chi connectivity index (χ2n) is 8.07. The largest absolute Gasteiger partial charge is 0.354 e. The minimum absolute atomic E-state index is 0.0589. The molecule has 0 aliphatic rings. The van der Waals surface area contributed by atoms with Crippen molar-refractivity contribution in [2.45, 2.75) is 65.3 Å². The van der Waals surface area contributed by atoms with Gasteiger partial charge >= 0.3 is 0 Å². The van der Waals surface area contributed by atoms with Crippen LogP contribution in [0.3, 0.4) is 0 Å². The fourth-order valence-corrected chi connectivity index (χ4v) is 3.16. The SMILES string of the molecule is CCN(CC)C(CNC(=O)CCCc1nc(C(C)(C)C)no1)c1ccccc1.